The molecule has 3 aliphatic rings. The summed E-state index contributed by atoms with van der Waals surface area (Å²) >= 11 is 0. The van der Waals surface area contributed by atoms with Gasteiger partial charge < -0.3 is 27.9 Å². The Kier molecular flexibility index (Phi) is 20.9. The molecule has 0 aliphatic heterocycles. The van der Waals surface area contributed by atoms with E-state index in [0.29, 0.717) is 53.3 Å². The van der Waals surface area contributed by atoms with E-state index in [-0.39, 0.29) is 54.3 Å². The molecule has 3 aromatic carbocycles. The van der Waals surface area contributed by atoms with Gasteiger partial charge >= 0.3 is 17.9 Å². The van der Waals surface area contributed by atoms with Crippen LogP contribution in [0.4, 0.5) is 0 Å². The van der Waals surface area contributed by atoms with Crippen molar-refractivity contribution in [2.45, 2.75) is 217 Å². The van der Waals surface area contributed by atoms with Gasteiger partial charge in [-0.05, 0) is 149 Å². The fourth-order valence-electron chi connectivity index (χ4n) is 13.1. The van der Waals surface area contributed by atoms with E-state index in [2.05, 4.69) is 83.1 Å². The number of imidazole rings is 3. The van der Waals surface area contributed by atoms with Gasteiger partial charge in [-0.25, -0.2) is 29.3 Å². The third kappa shape index (κ3) is 13.9. The largest absolute Gasteiger partial charge is 0.461 e. The molecule has 0 amide bonds. The number of hydrogen-bond donors (Lipinski definition) is 0. The highest BCUT2D eigenvalue weighted by Crippen LogP contribution is 2.39. The fraction of sp³-hybridized carbons (Fsp3) is 0.636. The lowest BCUT2D eigenvalue weighted by Gasteiger charge is -2.37. The summed E-state index contributed by atoms with van der Waals surface area (Å²) in [5.74, 6) is 7.30. The van der Waals surface area contributed by atoms with E-state index in [0.717, 1.165) is 108 Å². The van der Waals surface area contributed by atoms with Crippen LogP contribution < -0.4 is 0 Å². The maximum Gasteiger partial charge on any atom is 0.329 e. The molecule has 78 heavy (non-hydrogen) atoms. The van der Waals surface area contributed by atoms with Crippen molar-refractivity contribution < 1.29 is 28.6 Å². The molecular weight excluding hydrogens is 973 g/mol. The number of para-hydroxylation sites is 6. The number of carbonyl (C=O) groups excluding carboxylic acids is 3. The van der Waals surface area contributed by atoms with Crippen molar-refractivity contribution in [1.29, 1.82) is 0 Å². The van der Waals surface area contributed by atoms with Crippen LogP contribution in [-0.4, -0.2) is 64.9 Å². The number of esters is 3. The summed E-state index contributed by atoms with van der Waals surface area (Å²) < 4.78 is 24.4. The summed E-state index contributed by atoms with van der Waals surface area (Å²) in [5.41, 5.74) is 5.84. The van der Waals surface area contributed by atoms with Gasteiger partial charge in [0.1, 0.15) is 53.9 Å². The smallest absolute Gasteiger partial charge is 0.329 e. The first-order valence-corrected chi connectivity index (χ1v) is 30.2. The number of aryl methyl sites for hydroxylation is 3. The Bertz CT molecular complexity index is 2600. The summed E-state index contributed by atoms with van der Waals surface area (Å²) in [5, 5.41) is 0. The molecular formula is C66H96N6O6. The van der Waals surface area contributed by atoms with Gasteiger partial charge in [-0.2, -0.15) is 0 Å². The molecule has 3 aromatic heterocycles. The minimum absolute atomic E-state index is 0.0357. The van der Waals surface area contributed by atoms with Gasteiger partial charge in [0, 0.05) is 19.3 Å². The highest BCUT2D eigenvalue weighted by atomic mass is 16.6. The Morgan fingerprint density at radius 3 is 0.897 bits per heavy atom. The Hall–Kier alpha value is -5.52. The predicted molar refractivity (Wildman–Crippen MR) is 315 cm³/mol. The van der Waals surface area contributed by atoms with Crippen LogP contribution in [0.25, 0.3) is 33.1 Å². The highest BCUT2D eigenvalue weighted by Gasteiger charge is 2.38. The fourth-order valence-corrected chi connectivity index (χ4v) is 13.1. The summed E-state index contributed by atoms with van der Waals surface area (Å²) in [6.45, 7) is 32.3. The van der Waals surface area contributed by atoms with Gasteiger partial charge in [0.2, 0.25) is 0 Å². The molecule has 3 saturated carbocycles. The van der Waals surface area contributed by atoms with E-state index in [9.17, 15) is 14.4 Å². The number of nitrogens with zero attached hydrogens (tertiary/aromatic N) is 6. The number of benzene rings is 3. The van der Waals surface area contributed by atoms with Crippen molar-refractivity contribution >= 4 is 51.0 Å². The zero-order valence-electron chi connectivity index (χ0n) is 50.2. The molecule has 0 N–H and O–H groups in total. The molecule has 6 aromatic rings. The van der Waals surface area contributed by atoms with Gasteiger partial charge in [0.05, 0.1) is 33.1 Å². The number of fused-ring (bicyclic) bond motifs is 3. The average Bonchev–Trinajstić information content (AvgIpc) is 4.21. The zero-order valence-corrected chi connectivity index (χ0v) is 50.2. The van der Waals surface area contributed by atoms with Crippen LogP contribution in [0.3, 0.4) is 0 Å². The Balaban J connectivity index is 0.000000170. The molecule has 0 bridgehead atoms. The van der Waals surface area contributed by atoms with Crippen LogP contribution in [0.5, 0.6) is 0 Å². The molecule has 12 nitrogen and oxygen atoms in total. The van der Waals surface area contributed by atoms with Crippen LogP contribution in [0, 0.1) is 53.3 Å². The SMILES string of the molecule is CCc1nc2ccccc2n1[C@@H](C)C(=O)OC1C[C@H](C)CC[C@H]1C(C)C.CCc1nc2ccccc2n1[C@H](C)C(=O)OC1C[C@@H](C)CC[C@@H]1C(C)C.CCc1nc2ccccc2n1[C@H](C)C(=O)OC1C[C@H](C)CC[C@H]1C(C)C. The second-order valence-electron chi connectivity index (χ2n) is 24.7. The second-order valence-corrected chi connectivity index (χ2v) is 24.7. The zero-order chi connectivity index (χ0) is 56.5. The van der Waals surface area contributed by atoms with E-state index in [1.165, 1.54) is 19.3 Å². The van der Waals surface area contributed by atoms with Crippen molar-refractivity contribution in [3.05, 3.63) is 90.3 Å². The van der Waals surface area contributed by atoms with Crippen LogP contribution in [0.15, 0.2) is 72.8 Å². The van der Waals surface area contributed by atoms with Gasteiger partial charge in [0.25, 0.3) is 0 Å². The van der Waals surface area contributed by atoms with Crippen molar-refractivity contribution in [2.24, 2.45) is 53.3 Å². The Labute approximate surface area is 467 Å². The second kappa shape index (κ2) is 27.1. The minimum atomic E-state index is -0.359. The van der Waals surface area contributed by atoms with Crippen molar-refractivity contribution in [3.8, 4) is 0 Å². The lowest BCUT2D eigenvalue weighted by Crippen LogP contribution is -2.37. The molecule has 3 heterocycles. The van der Waals surface area contributed by atoms with Gasteiger partial charge in [-0.15, -0.1) is 0 Å². The lowest BCUT2D eigenvalue weighted by atomic mass is 9.75. The monoisotopic (exact) mass is 1070 g/mol. The van der Waals surface area contributed by atoms with Crippen molar-refractivity contribution in [3.63, 3.8) is 0 Å². The van der Waals surface area contributed by atoms with Crippen molar-refractivity contribution in [1.82, 2.24) is 28.7 Å². The number of aromatic nitrogens is 6. The van der Waals surface area contributed by atoms with Gasteiger partial charge in [-0.1, -0.05) is 139 Å². The molecule has 9 rings (SSSR count). The first-order chi connectivity index (χ1) is 37.3. The van der Waals surface area contributed by atoms with Crippen LogP contribution in [0.1, 0.15) is 197 Å². The van der Waals surface area contributed by atoms with Gasteiger partial charge in [-0.3, -0.25) is 0 Å². The van der Waals surface area contributed by atoms with Crippen molar-refractivity contribution in [2.75, 3.05) is 0 Å². The first-order valence-electron chi connectivity index (χ1n) is 30.2. The molecule has 0 saturated heterocycles. The standard InChI is InChI=1S/3C22H32N2O2/c3*1-6-21-23-18-9-7-8-10-19(18)24(21)16(5)22(25)26-20-13-15(4)11-12-17(20)14(2)3/h3*7-10,14-17,20H,6,11-13H2,1-5H3/t2*15-,16+,17+,20?;15-,16-,17+,20?/m101/s1. The quantitative estimate of drug-likeness (QED) is 0.0728. The summed E-state index contributed by atoms with van der Waals surface area (Å²) in [6, 6.07) is 23.0. The maximum atomic E-state index is 13.0. The highest BCUT2D eigenvalue weighted by molar-refractivity contribution is 5.83. The van der Waals surface area contributed by atoms with E-state index < -0.39 is 0 Å². The summed E-state index contributed by atoms with van der Waals surface area (Å²) in [4.78, 5) is 53.2. The maximum absolute atomic E-state index is 13.0. The molecule has 3 unspecified atom stereocenters. The van der Waals surface area contributed by atoms with E-state index >= 15 is 0 Å². The molecule has 3 fully saturated rings. The van der Waals surface area contributed by atoms with E-state index in [1.54, 1.807) is 0 Å². The van der Waals surface area contributed by atoms with Crippen LogP contribution in [-0.2, 0) is 47.9 Å². The minimum Gasteiger partial charge on any atom is -0.461 e. The summed E-state index contributed by atoms with van der Waals surface area (Å²) in [6.07, 6.45) is 12.6. The van der Waals surface area contributed by atoms with Gasteiger partial charge in [0.15, 0.2) is 0 Å². The number of ether oxygens (including phenoxy) is 3. The van der Waals surface area contributed by atoms with E-state index in [1.807, 2.05) is 107 Å². The molecule has 0 spiro atoms. The lowest BCUT2D eigenvalue weighted by molar-refractivity contribution is -0.160. The summed E-state index contributed by atoms with van der Waals surface area (Å²) in [7, 11) is 0. The normalized spacial score (nSPS) is 24.8. The molecule has 12 atom stereocenters. The topological polar surface area (TPSA) is 132 Å². The molecule has 12 heteroatoms. The molecule has 0 radical (unpaired) electrons. The first kappa shape index (κ1) is 60.1. The Morgan fingerprint density at radius 2 is 0.667 bits per heavy atom. The van der Waals surface area contributed by atoms with Crippen LogP contribution in [0.2, 0.25) is 0 Å². The average molecular weight is 1070 g/mol. The number of carbonyl (C=O) groups is 3. The van der Waals surface area contributed by atoms with Crippen LogP contribution >= 0.6 is 0 Å². The molecule has 426 valence electrons. The number of hydrogen-bond acceptors (Lipinski definition) is 9. The molecule has 3 aliphatic carbocycles. The third-order valence-corrected chi connectivity index (χ3v) is 17.8. The Morgan fingerprint density at radius 1 is 0.423 bits per heavy atom. The predicted octanol–water partition coefficient (Wildman–Crippen LogP) is 15.5. The van der Waals surface area contributed by atoms with E-state index in [4.69, 9.17) is 29.2 Å². The third-order valence-electron chi connectivity index (χ3n) is 17.8. The number of rotatable bonds is 15.